The number of nitrogens with zero attached hydrogens (tertiary/aromatic N) is 1. The Morgan fingerprint density at radius 2 is 1.61 bits per heavy atom. The molecule has 0 aromatic heterocycles. The van der Waals surface area contributed by atoms with Gasteiger partial charge in [-0.1, -0.05) is 33.1 Å². The van der Waals surface area contributed by atoms with Crippen molar-refractivity contribution in [2.24, 2.45) is 0 Å². The highest BCUT2D eigenvalue weighted by Crippen LogP contribution is 2.22. The van der Waals surface area contributed by atoms with Crippen molar-refractivity contribution < 1.29 is 17.3 Å². The maximum atomic E-state index is 9.75. The van der Waals surface area contributed by atoms with Crippen LogP contribution in [0, 0.1) is 0 Å². The topological polar surface area (TPSA) is 3.24 Å². The summed E-state index contributed by atoms with van der Waals surface area (Å²) in [6.45, 7) is 7.31. The van der Waals surface area contributed by atoms with E-state index in [9.17, 15) is 17.3 Å². The van der Waals surface area contributed by atoms with E-state index in [1.54, 1.807) is 0 Å². The number of unbranched alkanes of at least 4 members (excludes halogenated alkanes) is 2. The van der Waals surface area contributed by atoms with Gasteiger partial charge in [-0.2, -0.15) is 0 Å². The van der Waals surface area contributed by atoms with Gasteiger partial charge >= 0.3 is 7.25 Å². The summed E-state index contributed by atoms with van der Waals surface area (Å²) in [5.74, 6) is 0. The van der Waals surface area contributed by atoms with Crippen molar-refractivity contribution in [2.75, 3.05) is 13.1 Å². The summed E-state index contributed by atoms with van der Waals surface area (Å²) in [6.07, 6.45) is 9.87. The van der Waals surface area contributed by atoms with Crippen LogP contribution in [-0.4, -0.2) is 31.3 Å². The van der Waals surface area contributed by atoms with E-state index in [-0.39, 0.29) is 0 Å². The van der Waals surface area contributed by atoms with Crippen molar-refractivity contribution >= 4 is 7.25 Å². The van der Waals surface area contributed by atoms with E-state index in [0.29, 0.717) is 0 Å². The van der Waals surface area contributed by atoms with Crippen molar-refractivity contribution in [2.45, 2.75) is 64.8 Å². The lowest BCUT2D eigenvalue weighted by Crippen LogP contribution is -2.30. The zero-order valence-electron chi connectivity index (χ0n) is 11.5. The van der Waals surface area contributed by atoms with Gasteiger partial charge in [-0.25, -0.2) is 0 Å². The molecule has 0 saturated carbocycles. The van der Waals surface area contributed by atoms with Crippen molar-refractivity contribution in [3.05, 3.63) is 0 Å². The van der Waals surface area contributed by atoms with Crippen molar-refractivity contribution in [1.82, 2.24) is 4.90 Å². The summed E-state index contributed by atoms with van der Waals surface area (Å²) in [7, 11) is -6.00. The Labute approximate surface area is 108 Å². The molecule has 1 atom stereocenters. The Hall–Kier alpha value is -0.255. The Bertz CT molecular complexity index is 179. The highest BCUT2D eigenvalue weighted by Gasteiger charge is 2.22. The Kier molecular flexibility index (Phi) is 9.51. The molecule has 6 heteroatoms. The molecule has 0 amide bonds. The maximum Gasteiger partial charge on any atom is 0.673 e. The van der Waals surface area contributed by atoms with Crippen LogP contribution in [0.15, 0.2) is 0 Å². The van der Waals surface area contributed by atoms with Crippen LogP contribution in [0.5, 0.6) is 0 Å². The quantitative estimate of drug-likeness (QED) is 0.497. The lowest BCUT2D eigenvalue weighted by molar-refractivity contribution is 0.236. The minimum Gasteiger partial charge on any atom is -0.418 e. The third-order valence-electron chi connectivity index (χ3n) is 3.19. The molecule has 1 fully saturated rings. The van der Waals surface area contributed by atoms with Crippen molar-refractivity contribution in [3.8, 4) is 0 Å². The molecule has 1 nitrogen and oxygen atoms in total. The molecule has 0 N–H and O–H groups in total. The molecule has 1 aliphatic rings. The van der Waals surface area contributed by atoms with Crippen LogP contribution >= 0.6 is 0 Å². The standard InChI is InChI=1S/C12H25N.BF4/c1-3-5-8-12-9-7-11-13(12)10-6-4-2;2-1(3,4)5/h12H,3-11H2,1-2H3;/q;-1. The second-order valence-corrected chi connectivity index (χ2v) is 4.82. The largest absolute Gasteiger partial charge is 0.673 e. The van der Waals surface area contributed by atoms with Gasteiger partial charge in [0.1, 0.15) is 0 Å². The van der Waals surface area contributed by atoms with Gasteiger partial charge in [0.05, 0.1) is 0 Å². The van der Waals surface area contributed by atoms with Gasteiger partial charge in [0.2, 0.25) is 0 Å². The molecule has 0 aliphatic carbocycles. The molecule has 1 heterocycles. The Morgan fingerprint density at radius 1 is 1.06 bits per heavy atom. The van der Waals surface area contributed by atoms with Gasteiger partial charge in [0, 0.05) is 6.04 Å². The van der Waals surface area contributed by atoms with E-state index in [1.165, 1.54) is 58.0 Å². The lowest BCUT2D eigenvalue weighted by atomic mass is 10.1. The van der Waals surface area contributed by atoms with Gasteiger partial charge in [-0.05, 0) is 38.8 Å². The second kappa shape index (κ2) is 9.65. The van der Waals surface area contributed by atoms with Crippen LogP contribution in [-0.2, 0) is 0 Å². The average molecular weight is 270 g/mol. The molecule has 1 rings (SSSR count). The van der Waals surface area contributed by atoms with Crippen LogP contribution in [0.2, 0.25) is 0 Å². The molecule has 0 aromatic carbocycles. The third kappa shape index (κ3) is 10.9. The van der Waals surface area contributed by atoms with Gasteiger partial charge in [0.15, 0.2) is 0 Å². The molecule has 1 unspecified atom stereocenters. The maximum absolute atomic E-state index is 9.75. The lowest BCUT2D eigenvalue weighted by Gasteiger charge is -2.23. The molecule has 1 aliphatic heterocycles. The number of hydrogen-bond donors (Lipinski definition) is 0. The summed E-state index contributed by atoms with van der Waals surface area (Å²) >= 11 is 0. The number of rotatable bonds is 6. The van der Waals surface area contributed by atoms with Crippen LogP contribution in [0.3, 0.4) is 0 Å². The van der Waals surface area contributed by atoms with Gasteiger partial charge in [-0.15, -0.1) is 0 Å². The zero-order valence-corrected chi connectivity index (χ0v) is 11.5. The predicted molar refractivity (Wildman–Crippen MR) is 69.2 cm³/mol. The summed E-state index contributed by atoms with van der Waals surface area (Å²) in [5.41, 5.74) is 0. The first-order valence-electron chi connectivity index (χ1n) is 6.99. The highest BCUT2D eigenvalue weighted by atomic mass is 19.5. The summed E-state index contributed by atoms with van der Waals surface area (Å²) in [6, 6.07) is 0.937. The fraction of sp³-hybridized carbons (Fsp3) is 1.00. The van der Waals surface area contributed by atoms with Crippen molar-refractivity contribution in [3.63, 3.8) is 0 Å². The molecule has 0 spiro atoms. The molecule has 0 aromatic rings. The van der Waals surface area contributed by atoms with E-state index < -0.39 is 7.25 Å². The first kappa shape index (κ1) is 17.7. The predicted octanol–water partition coefficient (Wildman–Crippen LogP) is 4.74. The van der Waals surface area contributed by atoms with Crippen LogP contribution in [0.1, 0.15) is 58.8 Å². The SMILES string of the molecule is CCCCC1CCCN1CCCC.F[B-](F)(F)F. The minimum atomic E-state index is -6.00. The number of hydrogen-bond acceptors (Lipinski definition) is 1. The molecular weight excluding hydrogens is 245 g/mol. The molecule has 110 valence electrons. The van der Waals surface area contributed by atoms with E-state index in [4.69, 9.17) is 0 Å². The molecule has 18 heavy (non-hydrogen) atoms. The minimum absolute atomic E-state index is 0.937. The van der Waals surface area contributed by atoms with Gasteiger partial charge < -0.3 is 22.2 Å². The van der Waals surface area contributed by atoms with E-state index in [2.05, 4.69) is 18.7 Å². The first-order valence-corrected chi connectivity index (χ1v) is 6.99. The normalized spacial score (nSPS) is 20.7. The fourth-order valence-electron chi connectivity index (χ4n) is 2.32. The summed E-state index contributed by atoms with van der Waals surface area (Å²) in [5, 5.41) is 0. The summed E-state index contributed by atoms with van der Waals surface area (Å²) in [4.78, 5) is 2.72. The first-order chi connectivity index (χ1) is 8.38. The molecule has 0 bridgehead atoms. The number of likely N-dealkylation sites (tertiary alicyclic amines) is 1. The fourth-order valence-corrected chi connectivity index (χ4v) is 2.32. The number of halogens is 4. The van der Waals surface area contributed by atoms with E-state index in [1.807, 2.05) is 0 Å². The van der Waals surface area contributed by atoms with E-state index in [0.717, 1.165) is 6.04 Å². The molecule has 0 radical (unpaired) electrons. The molecular formula is C12H25BF4N-. The Morgan fingerprint density at radius 3 is 2.11 bits per heavy atom. The monoisotopic (exact) mass is 270 g/mol. The zero-order chi connectivity index (χ0) is 14.0. The second-order valence-electron chi connectivity index (χ2n) is 4.82. The van der Waals surface area contributed by atoms with E-state index >= 15 is 0 Å². The third-order valence-corrected chi connectivity index (χ3v) is 3.19. The summed E-state index contributed by atoms with van der Waals surface area (Å²) < 4.78 is 39.0. The van der Waals surface area contributed by atoms with Gasteiger partial charge in [-0.3, -0.25) is 0 Å². The molecule has 1 saturated heterocycles. The Balaban J connectivity index is 0.000000494. The van der Waals surface area contributed by atoms with Crippen LogP contribution in [0.4, 0.5) is 17.3 Å². The average Bonchev–Trinajstić information content (AvgIpc) is 2.68. The van der Waals surface area contributed by atoms with Crippen LogP contribution < -0.4 is 0 Å². The van der Waals surface area contributed by atoms with Crippen LogP contribution in [0.25, 0.3) is 0 Å². The highest BCUT2D eigenvalue weighted by molar-refractivity contribution is 6.50. The van der Waals surface area contributed by atoms with Crippen molar-refractivity contribution in [1.29, 1.82) is 0 Å². The van der Waals surface area contributed by atoms with Gasteiger partial charge in [0.25, 0.3) is 0 Å². The smallest absolute Gasteiger partial charge is 0.418 e.